The van der Waals surface area contributed by atoms with Gasteiger partial charge in [-0.1, -0.05) is 152 Å². The Bertz CT molecular complexity index is 2480. The van der Waals surface area contributed by atoms with Gasteiger partial charge in [0.15, 0.2) is 0 Å². The van der Waals surface area contributed by atoms with Crippen LogP contribution in [0.2, 0.25) is 0 Å². The largest absolute Gasteiger partial charge is 0.0622 e. The van der Waals surface area contributed by atoms with Crippen molar-refractivity contribution >= 4 is 53.9 Å². The Morgan fingerprint density at radius 1 is 0.227 bits per heavy atom. The van der Waals surface area contributed by atoms with E-state index in [1.165, 1.54) is 87.2 Å². The quantitative estimate of drug-likeness (QED) is 0.150. The van der Waals surface area contributed by atoms with E-state index >= 15 is 0 Å². The van der Waals surface area contributed by atoms with Gasteiger partial charge in [-0.3, -0.25) is 0 Å². The van der Waals surface area contributed by atoms with Gasteiger partial charge in [0.1, 0.15) is 0 Å². The van der Waals surface area contributed by atoms with Gasteiger partial charge in [0.25, 0.3) is 0 Å². The molecule has 0 radical (unpaired) electrons. The van der Waals surface area contributed by atoms with Gasteiger partial charge in [0.05, 0.1) is 0 Å². The van der Waals surface area contributed by atoms with Crippen LogP contribution in [0, 0.1) is 0 Å². The minimum Gasteiger partial charge on any atom is -0.0622 e. The summed E-state index contributed by atoms with van der Waals surface area (Å²) in [6.07, 6.45) is 0. The molecule has 0 spiro atoms. The molecule has 9 rings (SSSR count). The molecular formula is C44H28. The molecule has 0 saturated heterocycles. The Morgan fingerprint density at radius 3 is 1.32 bits per heavy atom. The maximum atomic E-state index is 2.37. The lowest BCUT2D eigenvalue weighted by molar-refractivity contribution is 1.66. The van der Waals surface area contributed by atoms with Crippen LogP contribution in [-0.4, -0.2) is 0 Å². The molecule has 0 unspecified atom stereocenters. The van der Waals surface area contributed by atoms with Gasteiger partial charge < -0.3 is 0 Å². The van der Waals surface area contributed by atoms with Gasteiger partial charge >= 0.3 is 0 Å². The predicted octanol–water partition coefficient (Wildman–Crippen LogP) is 12.5. The first kappa shape index (κ1) is 24.8. The molecule has 0 nitrogen and oxygen atoms in total. The molecule has 0 heterocycles. The molecule has 0 bridgehead atoms. The molecule has 9 aromatic carbocycles. The highest BCUT2D eigenvalue weighted by Gasteiger charge is 2.17. The van der Waals surface area contributed by atoms with Gasteiger partial charge in [-0.05, 0) is 105 Å². The summed E-state index contributed by atoms with van der Waals surface area (Å²) in [5, 5.41) is 12.8. The minimum absolute atomic E-state index is 1.24. The fraction of sp³-hybridized carbons (Fsp3) is 0. The summed E-state index contributed by atoms with van der Waals surface area (Å²) in [5.74, 6) is 0. The second-order valence-electron chi connectivity index (χ2n) is 11.7. The van der Waals surface area contributed by atoms with E-state index in [1.807, 2.05) is 0 Å². The zero-order valence-electron chi connectivity index (χ0n) is 24.2. The average Bonchev–Trinajstić information content (AvgIpc) is 3.10. The van der Waals surface area contributed by atoms with E-state index in [9.17, 15) is 0 Å². The number of rotatable bonds is 3. The van der Waals surface area contributed by atoms with Crippen molar-refractivity contribution in [3.63, 3.8) is 0 Å². The number of benzene rings is 9. The third-order valence-corrected chi connectivity index (χ3v) is 9.20. The monoisotopic (exact) mass is 556 g/mol. The Hall–Kier alpha value is -5.72. The Balaban J connectivity index is 1.25. The second kappa shape index (κ2) is 9.93. The molecule has 0 amide bonds. The van der Waals surface area contributed by atoms with Crippen molar-refractivity contribution in [3.05, 3.63) is 170 Å². The Morgan fingerprint density at radius 2 is 0.682 bits per heavy atom. The lowest BCUT2D eigenvalue weighted by Crippen LogP contribution is -1.91. The Kier molecular flexibility index (Phi) is 5.61. The third kappa shape index (κ3) is 3.85. The van der Waals surface area contributed by atoms with Crippen LogP contribution in [-0.2, 0) is 0 Å². The lowest BCUT2D eigenvalue weighted by Gasteiger charge is -2.18. The first-order valence-corrected chi connectivity index (χ1v) is 15.3. The molecule has 0 aliphatic rings. The van der Waals surface area contributed by atoms with E-state index in [-0.39, 0.29) is 0 Å². The van der Waals surface area contributed by atoms with E-state index in [0.717, 1.165) is 0 Å². The molecular weight excluding hydrogens is 528 g/mol. The topological polar surface area (TPSA) is 0 Å². The summed E-state index contributed by atoms with van der Waals surface area (Å²) in [7, 11) is 0. The van der Waals surface area contributed by atoms with Gasteiger partial charge in [0, 0.05) is 0 Å². The van der Waals surface area contributed by atoms with Gasteiger partial charge in [-0.25, -0.2) is 0 Å². The van der Waals surface area contributed by atoms with Gasteiger partial charge in [0.2, 0.25) is 0 Å². The van der Waals surface area contributed by atoms with Crippen molar-refractivity contribution in [3.8, 4) is 33.4 Å². The molecule has 44 heavy (non-hydrogen) atoms. The number of fused-ring (bicyclic) bond motifs is 6. The highest BCUT2D eigenvalue weighted by atomic mass is 14.2. The van der Waals surface area contributed by atoms with Crippen LogP contribution in [0.5, 0.6) is 0 Å². The summed E-state index contributed by atoms with van der Waals surface area (Å²) in [6.45, 7) is 0. The number of hydrogen-bond donors (Lipinski definition) is 0. The summed E-state index contributed by atoms with van der Waals surface area (Å²) >= 11 is 0. The van der Waals surface area contributed by atoms with E-state index in [0.29, 0.717) is 0 Å². The zero-order chi connectivity index (χ0) is 29.0. The van der Waals surface area contributed by atoms with E-state index in [4.69, 9.17) is 0 Å². The highest BCUT2D eigenvalue weighted by Crippen LogP contribution is 2.44. The molecule has 0 saturated carbocycles. The maximum Gasteiger partial charge on any atom is -0.00262 e. The lowest BCUT2D eigenvalue weighted by atomic mass is 9.85. The maximum absolute atomic E-state index is 2.37. The average molecular weight is 557 g/mol. The summed E-state index contributed by atoms with van der Waals surface area (Å²) < 4.78 is 0. The molecule has 0 aliphatic carbocycles. The molecule has 0 aliphatic heterocycles. The Labute approximate surface area is 256 Å². The van der Waals surface area contributed by atoms with E-state index in [2.05, 4.69) is 170 Å². The van der Waals surface area contributed by atoms with Crippen molar-refractivity contribution in [1.82, 2.24) is 0 Å². The number of hydrogen-bond acceptors (Lipinski definition) is 0. The van der Waals surface area contributed by atoms with Crippen molar-refractivity contribution in [1.29, 1.82) is 0 Å². The molecule has 0 fully saturated rings. The van der Waals surface area contributed by atoms with Gasteiger partial charge in [-0.15, -0.1) is 0 Å². The van der Waals surface area contributed by atoms with Crippen LogP contribution in [0.25, 0.3) is 87.2 Å². The zero-order valence-corrected chi connectivity index (χ0v) is 24.2. The third-order valence-electron chi connectivity index (χ3n) is 9.20. The van der Waals surface area contributed by atoms with Crippen LogP contribution in [0.3, 0.4) is 0 Å². The van der Waals surface area contributed by atoms with Crippen molar-refractivity contribution < 1.29 is 0 Å². The molecule has 9 aromatic rings. The normalized spacial score (nSPS) is 11.6. The fourth-order valence-corrected chi connectivity index (χ4v) is 7.22. The summed E-state index contributed by atoms with van der Waals surface area (Å²) in [6, 6.07) is 62.3. The van der Waals surface area contributed by atoms with Crippen LogP contribution in [0.4, 0.5) is 0 Å². The van der Waals surface area contributed by atoms with Crippen LogP contribution in [0.1, 0.15) is 0 Å². The second-order valence-corrected chi connectivity index (χ2v) is 11.7. The minimum atomic E-state index is 1.24. The standard InChI is InChI=1S/C44H28/c1-2-12-29(13-3-1)43-38-18-8-10-20-40(38)44(41-21-11-9-19-39(41)43)34-25-23-30-26-33(24-22-31(30)27-34)42-28-32-14-4-5-15-35(32)36-16-6-7-17-37(36)42/h1-28H. The first-order chi connectivity index (χ1) is 21.8. The van der Waals surface area contributed by atoms with Crippen molar-refractivity contribution in [2.24, 2.45) is 0 Å². The molecule has 0 heteroatoms. The van der Waals surface area contributed by atoms with E-state index < -0.39 is 0 Å². The summed E-state index contributed by atoms with van der Waals surface area (Å²) in [4.78, 5) is 0. The first-order valence-electron chi connectivity index (χ1n) is 15.3. The molecule has 0 N–H and O–H groups in total. The summed E-state index contributed by atoms with van der Waals surface area (Å²) in [5.41, 5.74) is 7.61. The van der Waals surface area contributed by atoms with Gasteiger partial charge in [-0.2, -0.15) is 0 Å². The van der Waals surface area contributed by atoms with E-state index in [1.54, 1.807) is 0 Å². The molecule has 204 valence electrons. The van der Waals surface area contributed by atoms with Crippen LogP contribution in [0.15, 0.2) is 170 Å². The van der Waals surface area contributed by atoms with Crippen LogP contribution >= 0.6 is 0 Å². The molecule has 0 atom stereocenters. The fourth-order valence-electron chi connectivity index (χ4n) is 7.22. The highest BCUT2D eigenvalue weighted by molar-refractivity contribution is 6.22. The van der Waals surface area contributed by atoms with Crippen LogP contribution < -0.4 is 0 Å². The SMILES string of the molecule is c1ccc(-c2c3ccccc3c(-c3ccc4cc(-c5cc6ccccc6c6ccccc56)ccc4c3)c3ccccc23)cc1. The predicted molar refractivity (Wildman–Crippen MR) is 190 cm³/mol. The van der Waals surface area contributed by atoms with Crippen molar-refractivity contribution in [2.45, 2.75) is 0 Å². The smallest absolute Gasteiger partial charge is 0.00262 e. The van der Waals surface area contributed by atoms with Crippen molar-refractivity contribution in [2.75, 3.05) is 0 Å². The molecule has 0 aromatic heterocycles.